The van der Waals surface area contributed by atoms with Crippen LogP contribution in [0.5, 0.6) is 5.75 Å². The Morgan fingerprint density at radius 1 is 1.10 bits per heavy atom. The summed E-state index contributed by atoms with van der Waals surface area (Å²) in [5.74, 6) is -0.642. The van der Waals surface area contributed by atoms with Crippen molar-refractivity contribution in [3.8, 4) is 5.75 Å². The summed E-state index contributed by atoms with van der Waals surface area (Å²) < 4.78 is 0. The van der Waals surface area contributed by atoms with Crippen LogP contribution in [0.1, 0.15) is 27.9 Å². The second-order valence-corrected chi connectivity index (χ2v) is 4.86. The molecule has 3 rings (SSSR count). The first-order valence-electron chi connectivity index (χ1n) is 6.62. The molecule has 0 spiro atoms. The van der Waals surface area contributed by atoms with Gasteiger partial charge in [-0.15, -0.1) is 0 Å². The van der Waals surface area contributed by atoms with Crippen molar-refractivity contribution in [2.45, 2.75) is 12.8 Å². The zero-order valence-electron chi connectivity index (χ0n) is 11.2. The average molecular weight is 282 g/mol. The van der Waals surface area contributed by atoms with Crippen LogP contribution >= 0.6 is 0 Å². The zero-order chi connectivity index (χ0) is 14.8. The number of aromatic carboxylic acids is 1. The van der Waals surface area contributed by atoms with Crippen LogP contribution in [0, 0.1) is 0 Å². The van der Waals surface area contributed by atoms with Gasteiger partial charge >= 0.3 is 5.97 Å². The highest BCUT2D eigenvalue weighted by Crippen LogP contribution is 2.30. The van der Waals surface area contributed by atoms with Gasteiger partial charge in [0.05, 0.1) is 17.0 Å². The van der Waals surface area contributed by atoms with Crippen molar-refractivity contribution in [3.05, 3.63) is 59.2 Å². The fraction of sp³-hybridized carbons (Fsp3) is 0.125. The SMILES string of the molecule is O=C(O)c1ccc(N/N=C2\CCc3c(O)cccc32)cc1. The van der Waals surface area contributed by atoms with Gasteiger partial charge in [0.1, 0.15) is 5.75 Å². The monoisotopic (exact) mass is 282 g/mol. The minimum Gasteiger partial charge on any atom is -0.508 e. The van der Waals surface area contributed by atoms with Crippen molar-refractivity contribution in [1.82, 2.24) is 0 Å². The molecule has 0 saturated carbocycles. The smallest absolute Gasteiger partial charge is 0.335 e. The number of carboxylic acid groups (broad SMARTS) is 1. The summed E-state index contributed by atoms with van der Waals surface area (Å²) in [7, 11) is 0. The molecule has 0 heterocycles. The first kappa shape index (κ1) is 13.2. The highest BCUT2D eigenvalue weighted by molar-refractivity contribution is 6.05. The number of phenols is 1. The maximum Gasteiger partial charge on any atom is 0.335 e. The Morgan fingerprint density at radius 2 is 1.86 bits per heavy atom. The highest BCUT2D eigenvalue weighted by Gasteiger charge is 2.20. The van der Waals surface area contributed by atoms with E-state index >= 15 is 0 Å². The van der Waals surface area contributed by atoms with Gasteiger partial charge in [0.15, 0.2) is 0 Å². The van der Waals surface area contributed by atoms with E-state index in [1.807, 2.05) is 6.07 Å². The molecule has 0 amide bonds. The lowest BCUT2D eigenvalue weighted by Crippen LogP contribution is -2.00. The van der Waals surface area contributed by atoms with Crippen molar-refractivity contribution in [1.29, 1.82) is 0 Å². The van der Waals surface area contributed by atoms with Gasteiger partial charge < -0.3 is 10.2 Å². The number of rotatable bonds is 3. The number of carboxylic acids is 1. The van der Waals surface area contributed by atoms with E-state index in [2.05, 4.69) is 10.5 Å². The highest BCUT2D eigenvalue weighted by atomic mass is 16.4. The van der Waals surface area contributed by atoms with E-state index in [0.717, 1.165) is 35.4 Å². The Bertz CT molecular complexity index is 721. The summed E-state index contributed by atoms with van der Waals surface area (Å²) in [4.78, 5) is 10.8. The van der Waals surface area contributed by atoms with Gasteiger partial charge in [-0.1, -0.05) is 12.1 Å². The molecule has 2 aromatic carbocycles. The van der Waals surface area contributed by atoms with E-state index < -0.39 is 5.97 Å². The van der Waals surface area contributed by atoms with Crippen molar-refractivity contribution in [2.75, 3.05) is 5.43 Å². The Labute approximate surface area is 121 Å². The number of anilines is 1. The summed E-state index contributed by atoms with van der Waals surface area (Å²) >= 11 is 0. The van der Waals surface area contributed by atoms with Crippen LogP contribution in [0.2, 0.25) is 0 Å². The number of carbonyl (C=O) groups is 1. The molecule has 0 aromatic heterocycles. The molecule has 0 unspecified atom stereocenters. The molecule has 5 nitrogen and oxygen atoms in total. The molecular formula is C16H14N2O3. The second-order valence-electron chi connectivity index (χ2n) is 4.86. The van der Waals surface area contributed by atoms with E-state index in [0.29, 0.717) is 5.75 Å². The van der Waals surface area contributed by atoms with Gasteiger partial charge in [0.2, 0.25) is 0 Å². The molecule has 2 aromatic rings. The van der Waals surface area contributed by atoms with E-state index in [4.69, 9.17) is 5.11 Å². The predicted molar refractivity (Wildman–Crippen MR) is 80.0 cm³/mol. The third kappa shape index (κ3) is 2.58. The third-order valence-electron chi connectivity index (χ3n) is 3.53. The van der Waals surface area contributed by atoms with Crippen molar-refractivity contribution in [3.63, 3.8) is 0 Å². The van der Waals surface area contributed by atoms with Crippen molar-refractivity contribution in [2.24, 2.45) is 5.10 Å². The summed E-state index contributed by atoms with van der Waals surface area (Å²) in [6.45, 7) is 0. The molecule has 1 aliphatic carbocycles. The molecule has 21 heavy (non-hydrogen) atoms. The van der Waals surface area contributed by atoms with Crippen LogP contribution in [0.15, 0.2) is 47.6 Å². The Morgan fingerprint density at radius 3 is 2.57 bits per heavy atom. The fourth-order valence-electron chi connectivity index (χ4n) is 2.42. The molecule has 106 valence electrons. The minimum atomic E-state index is -0.951. The molecular weight excluding hydrogens is 268 g/mol. The lowest BCUT2D eigenvalue weighted by Gasteiger charge is -2.04. The Kier molecular flexibility index (Phi) is 3.31. The molecule has 0 atom stereocenters. The number of phenolic OH excluding ortho intramolecular Hbond substituents is 1. The van der Waals surface area contributed by atoms with E-state index in [-0.39, 0.29) is 5.56 Å². The molecule has 0 saturated heterocycles. The largest absolute Gasteiger partial charge is 0.508 e. The minimum absolute atomic E-state index is 0.240. The summed E-state index contributed by atoms with van der Waals surface area (Å²) in [5, 5.41) is 23.0. The van der Waals surface area contributed by atoms with Gasteiger partial charge in [0, 0.05) is 11.1 Å². The number of hydrogen-bond acceptors (Lipinski definition) is 4. The van der Waals surface area contributed by atoms with Crippen LogP contribution in [0.3, 0.4) is 0 Å². The van der Waals surface area contributed by atoms with E-state index in [1.54, 1.807) is 24.3 Å². The second kappa shape index (κ2) is 5.28. The van der Waals surface area contributed by atoms with Crippen LogP contribution in [-0.2, 0) is 6.42 Å². The molecule has 3 N–H and O–H groups in total. The van der Waals surface area contributed by atoms with Crippen LogP contribution in [0.25, 0.3) is 0 Å². The molecule has 0 radical (unpaired) electrons. The van der Waals surface area contributed by atoms with Gasteiger partial charge in [-0.25, -0.2) is 4.79 Å². The lowest BCUT2D eigenvalue weighted by atomic mass is 10.1. The molecule has 5 heteroatoms. The maximum absolute atomic E-state index is 10.8. The summed E-state index contributed by atoms with van der Waals surface area (Å²) in [6.07, 6.45) is 1.55. The molecule has 0 fully saturated rings. The number of nitrogens with zero attached hydrogens (tertiary/aromatic N) is 1. The standard InChI is InChI=1S/C16H14N2O3/c19-15-3-1-2-12-13(15)8-9-14(12)18-17-11-6-4-10(5-7-11)16(20)21/h1-7,17,19H,8-9H2,(H,20,21)/b18-14+. The zero-order valence-corrected chi connectivity index (χ0v) is 11.2. The normalized spacial score (nSPS) is 15.0. The Balaban J connectivity index is 1.79. The lowest BCUT2D eigenvalue weighted by molar-refractivity contribution is 0.0697. The predicted octanol–water partition coefficient (Wildman–Crippen LogP) is 2.85. The first-order chi connectivity index (χ1) is 10.1. The van der Waals surface area contributed by atoms with Crippen LogP contribution in [0.4, 0.5) is 5.69 Å². The quantitative estimate of drug-likeness (QED) is 0.756. The number of hydrogen-bond donors (Lipinski definition) is 3. The van der Waals surface area contributed by atoms with E-state index in [9.17, 15) is 9.90 Å². The molecule has 0 bridgehead atoms. The fourth-order valence-corrected chi connectivity index (χ4v) is 2.42. The van der Waals surface area contributed by atoms with Crippen molar-refractivity contribution >= 4 is 17.4 Å². The number of benzene rings is 2. The average Bonchev–Trinajstić information content (AvgIpc) is 2.90. The van der Waals surface area contributed by atoms with Gasteiger partial charge in [0.25, 0.3) is 0 Å². The maximum atomic E-state index is 10.8. The first-order valence-corrected chi connectivity index (χ1v) is 6.62. The van der Waals surface area contributed by atoms with Gasteiger partial charge in [-0.05, 0) is 43.2 Å². The topological polar surface area (TPSA) is 81.9 Å². The Hall–Kier alpha value is -2.82. The van der Waals surface area contributed by atoms with Crippen molar-refractivity contribution < 1.29 is 15.0 Å². The summed E-state index contributed by atoms with van der Waals surface area (Å²) in [5.41, 5.74) is 6.67. The number of fused-ring (bicyclic) bond motifs is 1. The van der Waals surface area contributed by atoms with Gasteiger partial charge in [-0.2, -0.15) is 5.10 Å². The summed E-state index contributed by atoms with van der Waals surface area (Å²) in [6, 6.07) is 11.8. The van der Waals surface area contributed by atoms with Gasteiger partial charge in [-0.3, -0.25) is 5.43 Å². The van der Waals surface area contributed by atoms with E-state index in [1.165, 1.54) is 12.1 Å². The number of nitrogens with one attached hydrogen (secondary N) is 1. The number of hydrazone groups is 1. The van der Waals surface area contributed by atoms with Crippen LogP contribution < -0.4 is 5.43 Å². The molecule has 0 aliphatic heterocycles. The third-order valence-corrected chi connectivity index (χ3v) is 3.53. The van der Waals surface area contributed by atoms with Crippen LogP contribution in [-0.4, -0.2) is 21.9 Å². The number of aromatic hydroxyl groups is 1. The molecule has 1 aliphatic rings.